The quantitative estimate of drug-likeness (QED) is 0.880. The van der Waals surface area contributed by atoms with Gasteiger partial charge in [0.25, 0.3) is 0 Å². The van der Waals surface area contributed by atoms with E-state index >= 15 is 0 Å². The van der Waals surface area contributed by atoms with E-state index in [1.807, 2.05) is 26.0 Å². The van der Waals surface area contributed by atoms with Crippen LogP contribution in [0.2, 0.25) is 0 Å². The molecule has 0 saturated heterocycles. The summed E-state index contributed by atoms with van der Waals surface area (Å²) in [7, 11) is 0. The zero-order valence-electron chi connectivity index (χ0n) is 10.8. The molecule has 2 aromatic rings. The van der Waals surface area contributed by atoms with Crippen molar-refractivity contribution in [2.45, 2.75) is 19.8 Å². The van der Waals surface area contributed by atoms with Gasteiger partial charge in [-0.3, -0.25) is 0 Å². The molecule has 5 nitrogen and oxygen atoms in total. The molecule has 98 valence electrons. The number of nitrogens with zero attached hydrogens (tertiary/aromatic N) is 2. The molecule has 0 fully saturated rings. The average Bonchev–Trinajstić information content (AvgIpc) is 2.39. The third-order valence-electron chi connectivity index (χ3n) is 2.66. The molecule has 0 radical (unpaired) electrons. The zero-order valence-corrected chi connectivity index (χ0v) is 10.8. The lowest BCUT2D eigenvalue weighted by Crippen LogP contribution is -2.01. The monoisotopic (exact) mass is 257 g/mol. The van der Waals surface area contributed by atoms with Gasteiger partial charge in [0.15, 0.2) is 5.82 Å². The van der Waals surface area contributed by atoms with E-state index in [2.05, 4.69) is 15.5 Å². The van der Waals surface area contributed by atoms with Crippen LogP contribution in [0, 0.1) is 0 Å². The van der Waals surface area contributed by atoms with Crippen LogP contribution in [0.1, 0.15) is 35.8 Å². The number of aromatic nitrogens is 2. The highest BCUT2D eigenvalue weighted by Gasteiger charge is 2.05. The fraction of sp³-hybridized carbons (Fsp3) is 0.214. The Morgan fingerprint density at radius 2 is 2.00 bits per heavy atom. The van der Waals surface area contributed by atoms with Gasteiger partial charge in [-0.2, -0.15) is 5.10 Å². The fourth-order valence-corrected chi connectivity index (χ4v) is 1.60. The van der Waals surface area contributed by atoms with Gasteiger partial charge >= 0.3 is 5.97 Å². The first-order chi connectivity index (χ1) is 9.06. The highest BCUT2D eigenvalue weighted by Crippen LogP contribution is 2.17. The van der Waals surface area contributed by atoms with Crippen molar-refractivity contribution in [3.63, 3.8) is 0 Å². The second-order valence-electron chi connectivity index (χ2n) is 4.51. The van der Waals surface area contributed by atoms with E-state index in [1.165, 1.54) is 0 Å². The standard InChI is InChI=1S/C14H15N3O2/c1-9(2)12-6-7-13(17-16-12)15-11-5-3-4-10(8-11)14(18)19/h3-9H,1-2H3,(H,15,17)(H,18,19). The minimum absolute atomic E-state index is 0.233. The molecule has 2 N–H and O–H groups in total. The number of hydrogen-bond donors (Lipinski definition) is 2. The molecule has 0 atom stereocenters. The molecule has 1 aromatic heterocycles. The summed E-state index contributed by atoms with van der Waals surface area (Å²) in [4.78, 5) is 10.9. The second kappa shape index (κ2) is 5.48. The Morgan fingerprint density at radius 1 is 1.21 bits per heavy atom. The van der Waals surface area contributed by atoms with Crippen molar-refractivity contribution in [2.24, 2.45) is 0 Å². The number of benzene rings is 1. The first kappa shape index (κ1) is 13.0. The molecule has 1 heterocycles. The number of aromatic carboxylic acids is 1. The molecule has 0 aliphatic rings. The maximum atomic E-state index is 10.9. The highest BCUT2D eigenvalue weighted by molar-refractivity contribution is 5.89. The van der Waals surface area contributed by atoms with Gasteiger partial charge in [0.05, 0.1) is 11.3 Å². The Bertz CT molecular complexity index is 579. The maximum absolute atomic E-state index is 10.9. The summed E-state index contributed by atoms with van der Waals surface area (Å²) < 4.78 is 0. The molecule has 0 bridgehead atoms. The van der Waals surface area contributed by atoms with Gasteiger partial charge in [0.1, 0.15) is 0 Å². The largest absolute Gasteiger partial charge is 0.478 e. The normalized spacial score (nSPS) is 10.5. The molecule has 0 aliphatic heterocycles. The first-order valence-corrected chi connectivity index (χ1v) is 6.00. The molecule has 0 spiro atoms. The molecule has 0 unspecified atom stereocenters. The Hall–Kier alpha value is -2.43. The third-order valence-corrected chi connectivity index (χ3v) is 2.66. The summed E-state index contributed by atoms with van der Waals surface area (Å²) in [5.74, 6) is -0.0336. The summed E-state index contributed by atoms with van der Waals surface area (Å²) in [6.07, 6.45) is 0. The highest BCUT2D eigenvalue weighted by atomic mass is 16.4. The Morgan fingerprint density at radius 3 is 2.58 bits per heavy atom. The third kappa shape index (κ3) is 3.28. The van der Waals surface area contributed by atoms with E-state index in [-0.39, 0.29) is 5.56 Å². The van der Waals surface area contributed by atoms with Gasteiger partial charge in [-0.25, -0.2) is 4.79 Å². The van der Waals surface area contributed by atoms with Crippen LogP contribution >= 0.6 is 0 Å². The van der Waals surface area contributed by atoms with Crippen LogP contribution in [-0.4, -0.2) is 21.3 Å². The summed E-state index contributed by atoms with van der Waals surface area (Å²) in [5.41, 5.74) is 1.83. The van der Waals surface area contributed by atoms with Gasteiger partial charge in [0, 0.05) is 5.69 Å². The van der Waals surface area contributed by atoms with Crippen molar-refractivity contribution < 1.29 is 9.90 Å². The molecule has 0 aliphatic carbocycles. The van der Waals surface area contributed by atoms with E-state index in [9.17, 15) is 4.79 Å². The minimum atomic E-state index is -0.954. The molecule has 0 amide bonds. The lowest BCUT2D eigenvalue weighted by molar-refractivity contribution is 0.0697. The Labute approximate surface area is 111 Å². The van der Waals surface area contributed by atoms with Crippen LogP contribution in [0.25, 0.3) is 0 Å². The number of hydrogen-bond acceptors (Lipinski definition) is 4. The van der Waals surface area contributed by atoms with Gasteiger partial charge < -0.3 is 10.4 Å². The molecular formula is C14H15N3O2. The van der Waals surface area contributed by atoms with E-state index in [4.69, 9.17) is 5.11 Å². The minimum Gasteiger partial charge on any atom is -0.478 e. The number of nitrogens with one attached hydrogen (secondary N) is 1. The second-order valence-corrected chi connectivity index (χ2v) is 4.51. The smallest absolute Gasteiger partial charge is 0.335 e. The number of carboxylic acid groups (broad SMARTS) is 1. The van der Waals surface area contributed by atoms with Crippen LogP contribution in [0.4, 0.5) is 11.5 Å². The van der Waals surface area contributed by atoms with Gasteiger partial charge in [-0.05, 0) is 36.2 Å². The van der Waals surface area contributed by atoms with Gasteiger partial charge in [-0.1, -0.05) is 19.9 Å². The van der Waals surface area contributed by atoms with E-state index < -0.39 is 5.97 Å². The van der Waals surface area contributed by atoms with Crippen molar-refractivity contribution in [1.29, 1.82) is 0 Å². The Balaban J connectivity index is 2.16. The van der Waals surface area contributed by atoms with Crippen molar-refractivity contribution in [1.82, 2.24) is 10.2 Å². The lowest BCUT2D eigenvalue weighted by Gasteiger charge is -2.07. The van der Waals surface area contributed by atoms with Crippen LogP contribution < -0.4 is 5.32 Å². The number of carbonyl (C=O) groups is 1. The molecule has 1 aromatic carbocycles. The van der Waals surface area contributed by atoms with Crippen molar-refractivity contribution in [3.05, 3.63) is 47.7 Å². The topological polar surface area (TPSA) is 75.1 Å². The van der Waals surface area contributed by atoms with E-state index in [1.54, 1.807) is 24.3 Å². The zero-order chi connectivity index (χ0) is 13.8. The lowest BCUT2D eigenvalue weighted by atomic mass is 10.1. The van der Waals surface area contributed by atoms with Crippen LogP contribution in [-0.2, 0) is 0 Å². The maximum Gasteiger partial charge on any atom is 0.335 e. The summed E-state index contributed by atoms with van der Waals surface area (Å²) in [6, 6.07) is 10.3. The number of carboxylic acids is 1. The van der Waals surface area contributed by atoms with Crippen molar-refractivity contribution in [3.8, 4) is 0 Å². The van der Waals surface area contributed by atoms with Crippen LogP contribution in [0.3, 0.4) is 0 Å². The fourth-order valence-electron chi connectivity index (χ4n) is 1.60. The van der Waals surface area contributed by atoms with Crippen LogP contribution in [0.15, 0.2) is 36.4 Å². The van der Waals surface area contributed by atoms with E-state index in [0.717, 1.165) is 5.69 Å². The molecule has 19 heavy (non-hydrogen) atoms. The molecule has 2 rings (SSSR count). The summed E-state index contributed by atoms with van der Waals surface area (Å²) in [5, 5.41) is 20.1. The predicted molar refractivity (Wildman–Crippen MR) is 72.8 cm³/mol. The van der Waals surface area contributed by atoms with Crippen molar-refractivity contribution >= 4 is 17.5 Å². The first-order valence-electron chi connectivity index (χ1n) is 6.00. The molecular weight excluding hydrogens is 242 g/mol. The average molecular weight is 257 g/mol. The summed E-state index contributed by atoms with van der Waals surface area (Å²) in [6.45, 7) is 4.10. The number of anilines is 2. The van der Waals surface area contributed by atoms with Gasteiger partial charge in [0.2, 0.25) is 0 Å². The molecule has 5 heteroatoms. The predicted octanol–water partition coefficient (Wildman–Crippen LogP) is 3.04. The van der Waals surface area contributed by atoms with Gasteiger partial charge in [-0.15, -0.1) is 5.10 Å². The Kier molecular flexibility index (Phi) is 3.75. The SMILES string of the molecule is CC(C)c1ccc(Nc2cccc(C(=O)O)c2)nn1. The van der Waals surface area contributed by atoms with E-state index in [0.29, 0.717) is 17.4 Å². The van der Waals surface area contributed by atoms with Crippen molar-refractivity contribution in [2.75, 3.05) is 5.32 Å². The molecule has 0 saturated carbocycles. The summed E-state index contributed by atoms with van der Waals surface area (Å²) >= 11 is 0. The van der Waals surface area contributed by atoms with Crippen LogP contribution in [0.5, 0.6) is 0 Å². The number of rotatable bonds is 4.